The highest BCUT2D eigenvalue weighted by molar-refractivity contribution is 4.83. The van der Waals surface area contributed by atoms with Crippen molar-refractivity contribution in [3.63, 3.8) is 0 Å². The van der Waals surface area contributed by atoms with Gasteiger partial charge >= 0.3 is 0 Å². The molecule has 0 bridgehead atoms. The average molecular weight is 195 g/mol. The second-order valence-electron chi connectivity index (χ2n) is 2.80. The second kappa shape index (κ2) is 6.22. The molecule has 0 fully saturated rings. The molecular formula is C6H17N3O4. The molecule has 0 aromatic carbocycles. The highest BCUT2D eigenvalue weighted by atomic mass is 16.4. The van der Waals surface area contributed by atoms with E-state index in [2.05, 4.69) is 5.43 Å². The molecule has 13 heavy (non-hydrogen) atoms. The fourth-order valence-corrected chi connectivity index (χ4v) is 0.846. The van der Waals surface area contributed by atoms with Gasteiger partial charge in [-0.25, -0.2) is 0 Å². The van der Waals surface area contributed by atoms with E-state index in [1.54, 1.807) is 0 Å². The van der Waals surface area contributed by atoms with Crippen molar-refractivity contribution in [1.82, 2.24) is 5.43 Å². The normalized spacial score (nSPS) is 20.8. The Hall–Kier alpha value is -0.280. The van der Waals surface area contributed by atoms with E-state index < -0.39 is 31.0 Å². The van der Waals surface area contributed by atoms with Crippen LogP contribution >= 0.6 is 0 Å². The summed E-state index contributed by atoms with van der Waals surface area (Å²) in [5.41, 5.74) is 7.60. The van der Waals surface area contributed by atoms with E-state index in [9.17, 15) is 10.2 Å². The summed E-state index contributed by atoms with van der Waals surface area (Å²) in [6.45, 7) is -0.544. The molecule has 0 saturated carbocycles. The lowest BCUT2D eigenvalue weighted by atomic mass is 10.0. The van der Waals surface area contributed by atoms with E-state index in [1.165, 1.54) is 0 Å². The molecule has 7 heteroatoms. The van der Waals surface area contributed by atoms with Crippen LogP contribution in [0.25, 0.3) is 0 Å². The van der Waals surface area contributed by atoms with Crippen LogP contribution in [0.3, 0.4) is 0 Å². The molecule has 0 aliphatic rings. The van der Waals surface area contributed by atoms with Gasteiger partial charge in [0.25, 0.3) is 0 Å². The number of hydrogen-bond donors (Lipinski definition) is 7. The van der Waals surface area contributed by atoms with Crippen molar-refractivity contribution in [2.45, 2.75) is 24.4 Å². The van der Waals surface area contributed by atoms with E-state index in [0.717, 1.165) is 0 Å². The van der Waals surface area contributed by atoms with Gasteiger partial charge in [-0.15, -0.1) is 0 Å². The van der Waals surface area contributed by atoms with Crippen molar-refractivity contribution in [2.75, 3.05) is 13.2 Å². The van der Waals surface area contributed by atoms with Gasteiger partial charge in [0, 0.05) is 12.6 Å². The summed E-state index contributed by atoms with van der Waals surface area (Å²) in [4.78, 5) is 0. The van der Waals surface area contributed by atoms with Gasteiger partial charge in [-0.2, -0.15) is 0 Å². The van der Waals surface area contributed by atoms with Crippen molar-refractivity contribution in [1.29, 1.82) is 0 Å². The van der Waals surface area contributed by atoms with Crippen molar-refractivity contribution in [3.05, 3.63) is 0 Å². The van der Waals surface area contributed by atoms with Gasteiger partial charge < -0.3 is 26.2 Å². The van der Waals surface area contributed by atoms with Crippen LogP contribution in [-0.2, 0) is 0 Å². The summed E-state index contributed by atoms with van der Waals surface area (Å²) in [6, 6.07) is -0.804. The summed E-state index contributed by atoms with van der Waals surface area (Å²) in [7, 11) is 0. The first-order chi connectivity index (χ1) is 6.04. The molecule has 0 amide bonds. The summed E-state index contributed by atoms with van der Waals surface area (Å²) >= 11 is 0. The standard InChI is InChI=1S/C6H17N3O4/c7-3(1-9-8)5(12)6(13)4(11)2-10/h3-6,9-13H,1-2,7-8H2/t3-,4+,5+,6+/m0/s1. The molecule has 0 spiro atoms. The van der Waals surface area contributed by atoms with Gasteiger partial charge in [-0.3, -0.25) is 11.3 Å². The predicted octanol–water partition coefficient (Wildman–Crippen LogP) is -4.15. The Morgan fingerprint density at radius 3 is 2.08 bits per heavy atom. The first kappa shape index (κ1) is 12.7. The van der Waals surface area contributed by atoms with E-state index >= 15 is 0 Å². The molecule has 80 valence electrons. The van der Waals surface area contributed by atoms with E-state index in [1.807, 2.05) is 0 Å². The van der Waals surface area contributed by atoms with Crippen LogP contribution < -0.4 is 17.0 Å². The van der Waals surface area contributed by atoms with Crippen LogP contribution in [-0.4, -0.2) is 57.9 Å². The largest absolute Gasteiger partial charge is 0.394 e. The molecule has 0 rings (SSSR count). The molecular weight excluding hydrogens is 178 g/mol. The van der Waals surface area contributed by atoms with E-state index in [-0.39, 0.29) is 6.54 Å². The molecule has 0 saturated heterocycles. The average Bonchev–Trinajstić information content (AvgIpc) is 2.14. The van der Waals surface area contributed by atoms with Gasteiger partial charge in [0.2, 0.25) is 0 Å². The molecule has 0 heterocycles. The van der Waals surface area contributed by atoms with Crippen LogP contribution in [0.2, 0.25) is 0 Å². The minimum atomic E-state index is -1.48. The lowest BCUT2D eigenvalue weighted by Gasteiger charge is -2.25. The SMILES string of the molecule is NNC[C@H](N)[C@@H](O)[C@H](O)[C@H](O)CO. The number of hydrogen-bond acceptors (Lipinski definition) is 7. The summed E-state index contributed by atoms with van der Waals surface area (Å²) in [6.07, 6.45) is -4.22. The first-order valence-corrected chi connectivity index (χ1v) is 3.88. The molecule has 0 unspecified atom stereocenters. The maximum Gasteiger partial charge on any atom is 0.110 e. The zero-order chi connectivity index (χ0) is 10.4. The van der Waals surface area contributed by atoms with Crippen LogP contribution in [0.4, 0.5) is 0 Å². The highest BCUT2D eigenvalue weighted by Crippen LogP contribution is 2.02. The van der Waals surface area contributed by atoms with Crippen molar-refractivity contribution >= 4 is 0 Å². The Kier molecular flexibility index (Phi) is 6.08. The van der Waals surface area contributed by atoms with Crippen molar-refractivity contribution in [3.8, 4) is 0 Å². The second-order valence-corrected chi connectivity index (χ2v) is 2.80. The third-order valence-corrected chi connectivity index (χ3v) is 1.72. The predicted molar refractivity (Wildman–Crippen MR) is 45.3 cm³/mol. The monoisotopic (exact) mass is 195 g/mol. The molecule has 0 aliphatic heterocycles. The maximum atomic E-state index is 9.28. The molecule has 0 aromatic heterocycles. The van der Waals surface area contributed by atoms with Crippen LogP contribution in [0.5, 0.6) is 0 Å². The molecule has 0 aliphatic carbocycles. The lowest BCUT2D eigenvalue weighted by Crippen LogP contribution is -2.53. The Labute approximate surface area is 75.9 Å². The minimum absolute atomic E-state index is 0.0936. The highest BCUT2D eigenvalue weighted by Gasteiger charge is 2.28. The summed E-state index contributed by atoms with van der Waals surface area (Å²) in [5, 5.41) is 35.9. The first-order valence-electron chi connectivity index (χ1n) is 3.88. The van der Waals surface area contributed by atoms with Crippen molar-refractivity contribution in [2.24, 2.45) is 11.6 Å². The topological polar surface area (TPSA) is 145 Å². The third kappa shape index (κ3) is 3.96. The Balaban J connectivity index is 3.99. The van der Waals surface area contributed by atoms with Gasteiger partial charge in [0.05, 0.1) is 12.7 Å². The van der Waals surface area contributed by atoms with Crippen LogP contribution in [0.15, 0.2) is 0 Å². The zero-order valence-corrected chi connectivity index (χ0v) is 7.17. The Morgan fingerprint density at radius 2 is 1.69 bits per heavy atom. The lowest BCUT2D eigenvalue weighted by molar-refractivity contribution is -0.0829. The van der Waals surface area contributed by atoms with Gasteiger partial charge in [-0.1, -0.05) is 0 Å². The fraction of sp³-hybridized carbons (Fsp3) is 1.00. The molecule has 0 radical (unpaired) electrons. The van der Waals surface area contributed by atoms with Gasteiger partial charge in [-0.05, 0) is 0 Å². The van der Waals surface area contributed by atoms with E-state index in [0.29, 0.717) is 0 Å². The zero-order valence-electron chi connectivity index (χ0n) is 7.17. The third-order valence-electron chi connectivity index (χ3n) is 1.72. The van der Waals surface area contributed by atoms with Gasteiger partial charge in [0.15, 0.2) is 0 Å². The number of aliphatic hydroxyl groups is 4. The molecule has 7 nitrogen and oxygen atoms in total. The molecule has 0 aromatic rings. The number of aliphatic hydroxyl groups excluding tert-OH is 4. The van der Waals surface area contributed by atoms with E-state index in [4.69, 9.17) is 21.8 Å². The number of nitrogens with two attached hydrogens (primary N) is 2. The van der Waals surface area contributed by atoms with Crippen molar-refractivity contribution < 1.29 is 20.4 Å². The molecule has 9 N–H and O–H groups in total. The minimum Gasteiger partial charge on any atom is -0.394 e. The molecule has 4 atom stereocenters. The Morgan fingerprint density at radius 1 is 1.15 bits per heavy atom. The number of rotatable bonds is 6. The van der Waals surface area contributed by atoms with Gasteiger partial charge in [0.1, 0.15) is 12.2 Å². The smallest absolute Gasteiger partial charge is 0.110 e. The maximum absolute atomic E-state index is 9.28. The quantitative estimate of drug-likeness (QED) is 0.168. The number of nitrogens with one attached hydrogen (secondary N) is 1. The fourth-order valence-electron chi connectivity index (χ4n) is 0.846. The summed E-state index contributed by atoms with van der Waals surface area (Å²) in [5.74, 6) is 4.94. The Bertz CT molecular complexity index is 137. The number of hydrazine groups is 1. The summed E-state index contributed by atoms with van der Waals surface area (Å²) < 4.78 is 0. The van der Waals surface area contributed by atoms with Crippen LogP contribution in [0, 0.1) is 0 Å². The van der Waals surface area contributed by atoms with Crippen LogP contribution in [0.1, 0.15) is 0 Å².